The Balaban J connectivity index is 0.00000225. The van der Waals surface area contributed by atoms with Crippen molar-refractivity contribution in [3.8, 4) is 0 Å². The van der Waals surface area contributed by atoms with E-state index in [4.69, 9.17) is 5.73 Å². The van der Waals surface area contributed by atoms with Gasteiger partial charge in [-0.3, -0.25) is 0 Å². The Bertz CT molecular complexity index is 423. The lowest BCUT2D eigenvalue weighted by molar-refractivity contribution is 0.559. The summed E-state index contributed by atoms with van der Waals surface area (Å²) < 4.78 is 26.5. The summed E-state index contributed by atoms with van der Waals surface area (Å²) in [5.74, 6) is 0. The summed E-state index contributed by atoms with van der Waals surface area (Å²) in [6.07, 6.45) is 1.43. The first-order chi connectivity index (χ1) is 6.95. The van der Waals surface area contributed by atoms with Crippen molar-refractivity contribution in [3.63, 3.8) is 0 Å². The molecule has 0 aliphatic heterocycles. The van der Waals surface area contributed by atoms with Crippen molar-refractivity contribution in [2.75, 3.05) is 6.54 Å². The van der Waals surface area contributed by atoms with Crippen molar-refractivity contribution in [1.82, 2.24) is 9.71 Å². The van der Waals surface area contributed by atoms with Crippen molar-refractivity contribution in [1.29, 1.82) is 0 Å². The van der Waals surface area contributed by atoms with Crippen LogP contribution in [0.3, 0.4) is 0 Å². The van der Waals surface area contributed by atoms with Gasteiger partial charge in [-0.2, -0.15) is 0 Å². The molecular weight excluding hydrogens is 318 g/mol. The smallest absolute Gasteiger partial charge is 0.258 e. The quantitative estimate of drug-likeness (QED) is 0.858. The summed E-state index contributed by atoms with van der Waals surface area (Å²) >= 11 is 3.18. The van der Waals surface area contributed by atoms with Crippen LogP contribution in [0, 0.1) is 0 Å². The molecule has 0 radical (unpaired) electrons. The standard InChI is InChI=1S/C8H12BrN3O2S.ClH/c1-6(4-10)12-15(13,14)8-3-2-7(9)5-11-8;/h2-3,5-6,12H,4,10H2,1H3;1H/t6-;/m0./s1. The average molecular weight is 331 g/mol. The van der Waals surface area contributed by atoms with Gasteiger partial charge < -0.3 is 5.73 Å². The number of pyridine rings is 1. The fourth-order valence-corrected chi connectivity index (χ4v) is 2.31. The summed E-state index contributed by atoms with van der Waals surface area (Å²) in [6, 6.07) is 2.74. The SMILES string of the molecule is C[C@@H](CN)NS(=O)(=O)c1ccc(Br)cn1.Cl. The van der Waals surface area contributed by atoms with E-state index in [1.165, 1.54) is 12.3 Å². The minimum atomic E-state index is -3.55. The lowest BCUT2D eigenvalue weighted by Crippen LogP contribution is -2.38. The van der Waals surface area contributed by atoms with Crippen LogP contribution in [-0.4, -0.2) is 26.0 Å². The van der Waals surface area contributed by atoms with Gasteiger partial charge in [0.15, 0.2) is 5.03 Å². The van der Waals surface area contributed by atoms with Crippen molar-refractivity contribution in [2.24, 2.45) is 5.73 Å². The normalized spacial score (nSPS) is 12.9. The average Bonchev–Trinajstić information content (AvgIpc) is 2.17. The highest BCUT2D eigenvalue weighted by Gasteiger charge is 2.17. The van der Waals surface area contributed by atoms with Crippen molar-refractivity contribution in [3.05, 3.63) is 22.8 Å². The molecule has 1 heterocycles. The molecule has 0 unspecified atom stereocenters. The first-order valence-corrected chi connectivity index (χ1v) is 6.57. The van der Waals surface area contributed by atoms with E-state index in [1.807, 2.05) is 0 Å². The van der Waals surface area contributed by atoms with Gasteiger partial charge in [-0.1, -0.05) is 0 Å². The molecule has 3 N–H and O–H groups in total. The number of halogens is 2. The molecule has 0 aliphatic rings. The van der Waals surface area contributed by atoms with Gasteiger partial charge >= 0.3 is 0 Å². The summed E-state index contributed by atoms with van der Waals surface area (Å²) in [5.41, 5.74) is 5.33. The van der Waals surface area contributed by atoms with E-state index in [0.717, 1.165) is 4.47 Å². The number of nitrogens with zero attached hydrogens (tertiary/aromatic N) is 1. The maximum absolute atomic E-state index is 11.7. The molecule has 8 heteroatoms. The molecule has 5 nitrogen and oxygen atoms in total. The third-order valence-electron chi connectivity index (χ3n) is 1.69. The van der Waals surface area contributed by atoms with Gasteiger partial charge in [-0.05, 0) is 35.0 Å². The zero-order valence-electron chi connectivity index (χ0n) is 8.55. The van der Waals surface area contributed by atoms with Crippen LogP contribution < -0.4 is 10.5 Å². The number of nitrogens with one attached hydrogen (secondary N) is 1. The largest absolute Gasteiger partial charge is 0.329 e. The Kier molecular flexibility index (Phi) is 6.42. The molecule has 1 atom stereocenters. The molecule has 0 aromatic carbocycles. The molecule has 0 bridgehead atoms. The molecule has 0 amide bonds. The summed E-state index contributed by atoms with van der Waals surface area (Å²) in [7, 11) is -3.55. The van der Waals surface area contributed by atoms with Gasteiger partial charge in [0.05, 0.1) is 0 Å². The fraction of sp³-hybridized carbons (Fsp3) is 0.375. The Hall–Kier alpha value is -0.210. The molecule has 0 aliphatic carbocycles. The molecular formula is C8H13BrClN3O2S. The molecule has 1 aromatic rings. The second kappa shape index (κ2) is 6.51. The minimum absolute atomic E-state index is 0. The van der Waals surface area contributed by atoms with Crippen LogP contribution in [0.15, 0.2) is 27.8 Å². The number of hydrogen-bond donors (Lipinski definition) is 2. The van der Waals surface area contributed by atoms with Gasteiger partial charge in [0.1, 0.15) is 0 Å². The molecule has 0 fully saturated rings. The summed E-state index contributed by atoms with van der Waals surface area (Å²) in [6.45, 7) is 1.94. The maximum Gasteiger partial charge on any atom is 0.258 e. The van der Waals surface area contributed by atoms with Crippen LogP contribution in [0.25, 0.3) is 0 Å². The van der Waals surface area contributed by atoms with E-state index in [2.05, 4.69) is 25.6 Å². The van der Waals surface area contributed by atoms with Gasteiger partial charge in [-0.25, -0.2) is 18.1 Å². The predicted octanol–water partition coefficient (Wildman–Crippen LogP) is 0.891. The molecule has 0 saturated carbocycles. The van der Waals surface area contributed by atoms with Crippen molar-refractivity contribution >= 4 is 38.4 Å². The molecule has 1 aromatic heterocycles. The first-order valence-electron chi connectivity index (χ1n) is 4.29. The summed E-state index contributed by atoms with van der Waals surface area (Å²) in [5, 5.41) is -0.00833. The lowest BCUT2D eigenvalue weighted by atomic mass is 10.4. The lowest BCUT2D eigenvalue weighted by Gasteiger charge is -2.10. The minimum Gasteiger partial charge on any atom is -0.329 e. The third-order valence-corrected chi connectivity index (χ3v) is 3.66. The van der Waals surface area contributed by atoms with Gasteiger partial charge in [0, 0.05) is 23.3 Å². The van der Waals surface area contributed by atoms with E-state index in [0.29, 0.717) is 0 Å². The zero-order chi connectivity index (χ0) is 11.5. The molecule has 0 spiro atoms. The Morgan fingerprint density at radius 2 is 2.19 bits per heavy atom. The van der Waals surface area contributed by atoms with Crippen LogP contribution in [0.1, 0.15) is 6.92 Å². The number of nitrogens with two attached hydrogens (primary N) is 1. The number of hydrogen-bond acceptors (Lipinski definition) is 4. The zero-order valence-corrected chi connectivity index (χ0v) is 11.8. The molecule has 1 rings (SSSR count). The van der Waals surface area contributed by atoms with E-state index < -0.39 is 10.0 Å². The highest BCUT2D eigenvalue weighted by molar-refractivity contribution is 9.10. The van der Waals surface area contributed by atoms with Crippen LogP contribution >= 0.6 is 28.3 Å². The van der Waals surface area contributed by atoms with Crippen LogP contribution in [0.2, 0.25) is 0 Å². The Morgan fingerprint density at radius 1 is 1.56 bits per heavy atom. The Morgan fingerprint density at radius 3 is 2.62 bits per heavy atom. The van der Waals surface area contributed by atoms with Crippen molar-refractivity contribution < 1.29 is 8.42 Å². The predicted molar refractivity (Wildman–Crippen MR) is 68.0 cm³/mol. The molecule has 16 heavy (non-hydrogen) atoms. The van der Waals surface area contributed by atoms with Gasteiger partial charge in [0.25, 0.3) is 10.0 Å². The number of sulfonamides is 1. The molecule has 92 valence electrons. The highest BCUT2D eigenvalue weighted by Crippen LogP contribution is 2.11. The number of aromatic nitrogens is 1. The fourth-order valence-electron chi connectivity index (χ4n) is 0.895. The van der Waals surface area contributed by atoms with Crippen LogP contribution in [-0.2, 0) is 10.0 Å². The van der Waals surface area contributed by atoms with E-state index in [1.54, 1.807) is 13.0 Å². The van der Waals surface area contributed by atoms with E-state index >= 15 is 0 Å². The number of rotatable bonds is 4. The third kappa shape index (κ3) is 4.34. The highest BCUT2D eigenvalue weighted by atomic mass is 79.9. The Labute approximate surface area is 109 Å². The van der Waals surface area contributed by atoms with E-state index in [-0.39, 0.29) is 30.0 Å². The maximum atomic E-state index is 11.7. The second-order valence-corrected chi connectivity index (χ2v) is 5.65. The van der Waals surface area contributed by atoms with E-state index in [9.17, 15) is 8.42 Å². The summed E-state index contributed by atoms with van der Waals surface area (Å²) in [4.78, 5) is 3.80. The first kappa shape index (κ1) is 15.8. The molecule has 0 saturated heterocycles. The monoisotopic (exact) mass is 329 g/mol. The van der Waals surface area contributed by atoms with Crippen LogP contribution in [0.5, 0.6) is 0 Å². The second-order valence-electron chi connectivity index (χ2n) is 3.07. The van der Waals surface area contributed by atoms with Gasteiger partial charge in [-0.15, -0.1) is 12.4 Å². The van der Waals surface area contributed by atoms with Gasteiger partial charge in [0.2, 0.25) is 0 Å². The topological polar surface area (TPSA) is 85.1 Å². The van der Waals surface area contributed by atoms with Crippen molar-refractivity contribution in [2.45, 2.75) is 18.0 Å². The van der Waals surface area contributed by atoms with Crippen LogP contribution in [0.4, 0.5) is 0 Å².